The minimum Gasteiger partial charge on any atom is -0.477 e. The third-order valence-corrected chi connectivity index (χ3v) is 3.97. The molecule has 100 valence electrons. The van der Waals surface area contributed by atoms with Gasteiger partial charge in [0.25, 0.3) is 0 Å². The number of fused-ring (bicyclic) bond motifs is 1. The summed E-state index contributed by atoms with van der Waals surface area (Å²) in [4.78, 5) is 19.6. The van der Waals surface area contributed by atoms with Crippen molar-refractivity contribution >= 4 is 28.5 Å². The van der Waals surface area contributed by atoms with Gasteiger partial charge < -0.3 is 9.67 Å². The van der Waals surface area contributed by atoms with Crippen molar-refractivity contribution in [2.45, 2.75) is 10.2 Å². The molecule has 0 atom stereocenters. The van der Waals surface area contributed by atoms with Crippen LogP contribution in [0.3, 0.4) is 0 Å². The van der Waals surface area contributed by atoms with Gasteiger partial charge in [-0.25, -0.2) is 14.8 Å². The molecule has 0 amide bonds. The maximum absolute atomic E-state index is 11.2. The van der Waals surface area contributed by atoms with E-state index in [9.17, 15) is 4.79 Å². The second-order valence-electron chi connectivity index (χ2n) is 4.26. The fourth-order valence-corrected chi connectivity index (χ4v) is 2.82. The van der Waals surface area contributed by atoms with Crippen molar-refractivity contribution in [3.8, 4) is 0 Å². The molecule has 0 fully saturated rings. The molecule has 0 aliphatic rings. The summed E-state index contributed by atoms with van der Waals surface area (Å²) in [6.07, 6.45) is 3.54. The number of hydrogen-bond donors (Lipinski definition) is 1. The lowest BCUT2D eigenvalue weighted by Crippen LogP contribution is -2.02. The minimum atomic E-state index is -1.03. The molecule has 1 aromatic carbocycles. The van der Waals surface area contributed by atoms with Crippen LogP contribution in [0.25, 0.3) is 10.8 Å². The van der Waals surface area contributed by atoms with Gasteiger partial charge in [-0.3, -0.25) is 0 Å². The van der Waals surface area contributed by atoms with E-state index in [0.717, 1.165) is 15.9 Å². The van der Waals surface area contributed by atoms with Crippen LogP contribution in [-0.2, 0) is 7.05 Å². The Morgan fingerprint density at radius 1 is 1.35 bits per heavy atom. The van der Waals surface area contributed by atoms with E-state index in [1.165, 1.54) is 11.8 Å². The Labute approximate surface area is 119 Å². The first kappa shape index (κ1) is 12.7. The lowest BCUT2D eigenvalue weighted by molar-refractivity contribution is 0.0690. The maximum Gasteiger partial charge on any atom is 0.354 e. The Hall–Kier alpha value is -2.34. The van der Waals surface area contributed by atoms with Crippen LogP contribution in [0.15, 0.2) is 52.9 Å². The van der Waals surface area contributed by atoms with Crippen molar-refractivity contribution in [2.24, 2.45) is 7.05 Å². The Morgan fingerprint density at radius 2 is 2.15 bits per heavy atom. The summed E-state index contributed by atoms with van der Waals surface area (Å²) in [5.74, 6) is -1.03. The number of carboxylic acids is 1. The van der Waals surface area contributed by atoms with E-state index in [4.69, 9.17) is 5.11 Å². The number of carbonyl (C=O) groups is 1. The summed E-state index contributed by atoms with van der Waals surface area (Å²) in [5, 5.41) is 12.4. The number of carboxylic acid groups (broad SMARTS) is 1. The molecular formula is C14H11N3O2S. The summed E-state index contributed by atoms with van der Waals surface area (Å²) < 4.78 is 1.87. The van der Waals surface area contributed by atoms with Crippen molar-refractivity contribution < 1.29 is 9.90 Å². The highest BCUT2D eigenvalue weighted by molar-refractivity contribution is 7.99. The van der Waals surface area contributed by atoms with Gasteiger partial charge in [0.15, 0.2) is 5.16 Å². The molecule has 0 aliphatic carbocycles. The fraction of sp³-hybridized carbons (Fsp3) is 0.0714. The van der Waals surface area contributed by atoms with Gasteiger partial charge in [0.1, 0.15) is 10.7 Å². The largest absolute Gasteiger partial charge is 0.477 e. The highest BCUT2D eigenvalue weighted by Gasteiger charge is 2.13. The zero-order chi connectivity index (χ0) is 14.1. The molecule has 5 nitrogen and oxygen atoms in total. The van der Waals surface area contributed by atoms with Gasteiger partial charge in [-0.1, -0.05) is 24.3 Å². The molecule has 0 unspecified atom stereocenters. The van der Waals surface area contributed by atoms with Crippen LogP contribution in [-0.4, -0.2) is 25.6 Å². The molecule has 1 N–H and O–H groups in total. The molecule has 6 heteroatoms. The molecule has 0 aliphatic heterocycles. The normalized spacial score (nSPS) is 10.8. The first-order chi connectivity index (χ1) is 9.65. The van der Waals surface area contributed by atoms with Crippen LogP contribution >= 0.6 is 11.8 Å². The molecule has 0 bridgehead atoms. The molecule has 20 heavy (non-hydrogen) atoms. The molecule has 0 saturated heterocycles. The van der Waals surface area contributed by atoms with Crippen LogP contribution < -0.4 is 0 Å². The molecule has 0 radical (unpaired) electrons. The van der Waals surface area contributed by atoms with E-state index in [2.05, 4.69) is 9.97 Å². The number of benzene rings is 1. The molecule has 2 heterocycles. The first-order valence-electron chi connectivity index (χ1n) is 5.93. The molecule has 3 rings (SSSR count). The molecule has 2 aromatic heterocycles. The quantitative estimate of drug-likeness (QED) is 0.801. The van der Waals surface area contributed by atoms with Gasteiger partial charge in [0.2, 0.25) is 0 Å². The number of nitrogens with zero attached hydrogens (tertiary/aromatic N) is 3. The Kier molecular flexibility index (Phi) is 3.15. The monoisotopic (exact) mass is 285 g/mol. The highest BCUT2D eigenvalue weighted by atomic mass is 32.2. The van der Waals surface area contributed by atoms with Crippen LogP contribution in [0.2, 0.25) is 0 Å². The van der Waals surface area contributed by atoms with Crippen molar-refractivity contribution in [1.29, 1.82) is 0 Å². The third-order valence-electron chi connectivity index (χ3n) is 2.89. The Morgan fingerprint density at radius 3 is 2.85 bits per heavy atom. The Balaban J connectivity index is 2.17. The van der Waals surface area contributed by atoms with Gasteiger partial charge in [-0.2, -0.15) is 0 Å². The topological polar surface area (TPSA) is 68.0 Å². The van der Waals surface area contributed by atoms with Crippen LogP contribution in [0.5, 0.6) is 0 Å². The van der Waals surface area contributed by atoms with Crippen LogP contribution in [0.1, 0.15) is 10.5 Å². The molecule has 0 saturated carbocycles. The van der Waals surface area contributed by atoms with Crippen molar-refractivity contribution in [2.75, 3.05) is 0 Å². The zero-order valence-corrected chi connectivity index (χ0v) is 11.5. The SMILES string of the molecule is Cn1ccnc1Sc1nc(C(=O)O)cc2ccccc12. The summed E-state index contributed by atoms with van der Waals surface area (Å²) in [6, 6.07) is 9.18. The average Bonchev–Trinajstić information content (AvgIpc) is 2.84. The van der Waals surface area contributed by atoms with E-state index in [-0.39, 0.29) is 5.69 Å². The number of aromatic nitrogens is 3. The number of aromatic carboxylic acids is 1. The summed E-state index contributed by atoms with van der Waals surface area (Å²) in [7, 11) is 1.89. The Bertz CT molecular complexity index is 798. The highest BCUT2D eigenvalue weighted by Crippen LogP contribution is 2.31. The average molecular weight is 285 g/mol. The summed E-state index contributed by atoms with van der Waals surface area (Å²) in [6.45, 7) is 0. The number of aryl methyl sites for hydroxylation is 1. The number of rotatable bonds is 3. The summed E-state index contributed by atoms with van der Waals surface area (Å²) >= 11 is 1.36. The predicted octanol–water partition coefficient (Wildman–Crippen LogP) is 2.82. The summed E-state index contributed by atoms with van der Waals surface area (Å²) in [5.41, 5.74) is 0.0420. The molecular weight excluding hydrogens is 274 g/mol. The zero-order valence-electron chi connectivity index (χ0n) is 10.6. The van der Waals surface area contributed by atoms with Crippen molar-refractivity contribution in [1.82, 2.24) is 14.5 Å². The maximum atomic E-state index is 11.2. The van der Waals surface area contributed by atoms with Gasteiger partial charge >= 0.3 is 5.97 Å². The van der Waals surface area contributed by atoms with Crippen LogP contribution in [0, 0.1) is 0 Å². The lowest BCUT2D eigenvalue weighted by atomic mass is 10.1. The van der Waals surface area contributed by atoms with E-state index in [1.54, 1.807) is 12.3 Å². The van der Waals surface area contributed by atoms with Gasteiger partial charge in [-0.05, 0) is 23.2 Å². The fourth-order valence-electron chi connectivity index (χ4n) is 1.89. The van der Waals surface area contributed by atoms with Gasteiger partial charge in [-0.15, -0.1) is 0 Å². The van der Waals surface area contributed by atoms with E-state index < -0.39 is 5.97 Å². The first-order valence-corrected chi connectivity index (χ1v) is 6.75. The molecule has 0 spiro atoms. The molecule has 3 aromatic rings. The van der Waals surface area contributed by atoms with Gasteiger partial charge in [0, 0.05) is 24.8 Å². The van der Waals surface area contributed by atoms with E-state index >= 15 is 0 Å². The second kappa shape index (κ2) is 4.97. The third kappa shape index (κ3) is 2.25. The van der Waals surface area contributed by atoms with Crippen molar-refractivity contribution in [3.05, 3.63) is 48.4 Å². The van der Waals surface area contributed by atoms with Gasteiger partial charge in [0.05, 0.1) is 0 Å². The van der Waals surface area contributed by atoms with Crippen molar-refractivity contribution in [3.63, 3.8) is 0 Å². The number of hydrogen-bond acceptors (Lipinski definition) is 4. The number of pyridine rings is 1. The number of imidazole rings is 1. The van der Waals surface area contributed by atoms with Crippen LogP contribution in [0.4, 0.5) is 0 Å². The van der Waals surface area contributed by atoms with E-state index in [1.807, 2.05) is 42.1 Å². The smallest absolute Gasteiger partial charge is 0.354 e. The lowest BCUT2D eigenvalue weighted by Gasteiger charge is -2.07. The van der Waals surface area contributed by atoms with E-state index in [0.29, 0.717) is 5.03 Å². The predicted molar refractivity (Wildman–Crippen MR) is 76.0 cm³/mol. The standard InChI is InChI=1S/C14H11N3O2S/c1-17-7-6-15-14(17)20-12-10-5-3-2-4-9(10)8-11(16-12)13(18)19/h2-8H,1H3,(H,18,19). The second-order valence-corrected chi connectivity index (χ2v) is 5.22. The minimum absolute atomic E-state index is 0.0420.